The smallest absolute Gasteiger partial charge is 0.0887 e. The third-order valence-corrected chi connectivity index (χ3v) is 7.72. The molecule has 0 amide bonds. The molecule has 38 heavy (non-hydrogen) atoms. The average Bonchev–Trinajstić information content (AvgIpc) is 2.93. The largest absolute Gasteiger partial charge is 0.309 e. The molecule has 0 fully saturated rings. The van der Waals surface area contributed by atoms with Gasteiger partial charge in [0, 0.05) is 22.7 Å². The molecule has 6 rings (SSSR count). The lowest BCUT2D eigenvalue weighted by Gasteiger charge is -2.32. The predicted octanol–water partition coefficient (Wildman–Crippen LogP) is 11.0. The zero-order valence-corrected chi connectivity index (χ0v) is 23.0. The number of anilines is 6. The monoisotopic (exact) mass is 514 g/mol. The molecule has 0 N–H and O–H groups in total. The number of rotatable bonds is 3. The van der Waals surface area contributed by atoms with Gasteiger partial charge in [0.25, 0.3) is 0 Å². The van der Waals surface area contributed by atoms with Crippen LogP contribution in [0.5, 0.6) is 0 Å². The standard InChI is InChI=1S/C35H31ClN2/c1-23(2)28-21-33-35(36)34(22-28)38(30-17-13-25(4)14-18-30)32-10-6-8-27(20-32)26-7-5-9-31(19-26)37(33)29-15-11-24(3)12-16-29/h5-23H,1-4H3. The number of halogens is 1. The van der Waals surface area contributed by atoms with Gasteiger partial charge >= 0.3 is 0 Å². The van der Waals surface area contributed by atoms with E-state index < -0.39 is 0 Å². The lowest BCUT2D eigenvalue weighted by molar-refractivity contribution is 0.866. The van der Waals surface area contributed by atoms with Crippen LogP contribution >= 0.6 is 11.6 Å². The number of hydrogen-bond donors (Lipinski definition) is 0. The summed E-state index contributed by atoms with van der Waals surface area (Å²) < 4.78 is 0. The van der Waals surface area contributed by atoms with Crippen molar-refractivity contribution in [3.8, 4) is 11.1 Å². The maximum absolute atomic E-state index is 7.47. The average molecular weight is 515 g/mol. The van der Waals surface area contributed by atoms with Crippen molar-refractivity contribution < 1.29 is 0 Å². The van der Waals surface area contributed by atoms with Crippen molar-refractivity contribution in [2.45, 2.75) is 33.6 Å². The van der Waals surface area contributed by atoms with E-state index in [2.05, 4.69) is 147 Å². The molecular weight excluding hydrogens is 484 g/mol. The predicted molar refractivity (Wildman–Crippen MR) is 163 cm³/mol. The van der Waals surface area contributed by atoms with Gasteiger partial charge in [-0.15, -0.1) is 0 Å². The second-order valence-corrected chi connectivity index (χ2v) is 10.8. The van der Waals surface area contributed by atoms with E-state index in [-0.39, 0.29) is 0 Å². The Morgan fingerprint density at radius 3 is 1.34 bits per heavy atom. The topological polar surface area (TPSA) is 6.48 Å². The maximum atomic E-state index is 7.47. The molecule has 1 aliphatic rings. The van der Waals surface area contributed by atoms with Crippen LogP contribution in [-0.2, 0) is 0 Å². The quantitative estimate of drug-likeness (QED) is 0.231. The minimum Gasteiger partial charge on any atom is -0.309 e. The first-order valence-corrected chi connectivity index (χ1v) is 13.5. The molecule has 0 atom stereocenters. The molecule has 0 saturated carbocycles. The molecule has 0 spiro atoms. The van der Waals surface area contributed by atoms with Crippen LogP contribution in [0, 0.1) is 13.8 Å². The summed E-state index contributed by atoms with van der Waals surface area (Å²) in [6.07, 6.45) is 0. The van der Waals surface area contributed by atoms with Crippen LogP contribution in [0.15, 0.2) is 109 Å². The van der Waals surface area contributed by atoms with Gasteiger partial charge in [0.2, 0.25) is 0 Å². The van der Waals surface area contributed by atoms with Crippen LogP contribution in [0.4, 0.5) is 34.1 Å². The minimum atomic E-state index is 0.326. The summed E-state index contributed by atoms with van der Waals surface area (Å²) in [5, 5.41) is 0.716. The molecule has 0 radical (unpaired) electrons. The van der Waals surface area contributed by atoms with E-state index in [0.29, 0.717) is 10.9 Å². The molecule has 1 aliphatic heterocycles. The normalized spacial score (nSPS) is 12.5. The summed E-state index contributed by atoms with van der Waals surface area (Å²) in [5.74, 6) is 0.326. The van der Waals surface area contributed by atoms with Gasteiger partial charge in [0.15, 0.2) is 0 Å². The number of hydrogen-bond acceptors (Lipinski definition) is 2. The summed E-state index contributed by atoms with van der Waals surface area (Å²) in [4.78, 5) is 4.59. The summed E-state index contributed by atoms with van der Waals surface area (Å²) >= 11 is 7.47. The van der Waals surface area contributed by atoms with E-state index >= 15 is 0 Å². The van der Waals surface area contributed by atoms with Crippen LogP contribution in [0.2, 0.25) is 5.02 Å². The molecule has 188 valence electrons. The fraction of sp³-hybridized carbons (Fsp3) is 0.143. The van der Waals surface area contributed by atoms with Gasteiger partial charge < -0.3 is 9.80 Å². The lowest BCUT2D eigenvalue weighted by Crippen LogP contribution is -2.15. The Morgan fingerprint density at radius 1 is 0.526 bits per heavy atom. The molecule has 5 aromatic rings. The first-order chi connectivity index (χ1) is 18.4. The Labute approximate surface area is 230 Å². The SMILES string of the molecule is Cc1ccc(N2c3cccc(c3)-c3cccc(c3)N(c3ccc(C)cc3)c3cc(C(C)C)cc2c3Cl)cc1. The molecular formula is C35H31ClN2. The van der Waals surface area contributed by atoms with E-state index in [1.807, 2.05) is 0 Å². The van der Waals surface area contributed by atoms with Crippen molar-refractivity contribution in [2.24, 2.45) is 0 Å². The van der Waals surface area contributed by atoms with Crippen molar-refractivity contribution in [3.63, 3.8) is 0 Å². The molecule has 0 saturated heterocycles. The third-order valence-electron chi connectivity index (χ3n) is 7.33. The minimum absolute atomic E-state index is 0.326. The van der Waals surface area contributed by atoms with Crippen LogP contribution in [0.3, 0.4) is 0 Å². The highest BCUT2D eigenvalue weighted by atomic mass is 35.5. The van der Waals surface area contributed by atoms with E-state index in [1.165, 1.54) is 27.8 Å². The summed E-state index contributed by atoms with van der Waals surface area (Å²) in [7, 11) is 0. The number of aryl methyl sites for hydroxylation is 2. The van der Waals surface area contributed by atoms with Gasteiger partial charge in [0.1, 0.15) is 0 Å². The van der Waals surface area contributed by atoms with Crippen molar-refractivity contribution in [3.05, 3.63) is 131 Å². The van der Waals surface area contributed by atoms with Crippen molar-refractivity contribution >= 4 is 45.7 Å². The molecule has 2 nitrogen and oxygen atoms in total. The Morgan fingerprint density at radius 2 is 0.947 bits per heavy atom. The summed E-state index contributed by atoms with van der Waals surface area (Å²) in [5.41, 5.74) is 12.3. The van der Waals surface area contributed by atoms with E-state index in [4.69, 9.17) is 11.6 Å². The van der Waals surface area contributed by atoms with Gasteiger partial charge in [-0.1, -0.05) is 85.1 Å². The van der Waals surface area contributed by atoms with E-state index in [1.54, 1.807) is 0 Å². The molecule has 1 heterocycles. The first kappa shape index (κ1) is 24.3. The van der Waals surface area contributed by atoms with E-state index in [0.717, 1.165) is 34.1 Å². The molecule has 0 unspecified atom stereocenters. The van der Waals surface area contributed by atoms with Crippen LogP contribution in [-0.4, -0.2) is 0 Å². The van der Waals surface area contributed by atoms with Crippen LogP contribution in [0.1, 0.15) is 36.5 Å². The summed E-state index contributed by atoms with van der Waals surface area (Å²) in [6.45, 7) is 8.72. The highest BCUT2D eigenvalue weighted by Crippen LogP contribution is 2.49. The molecule has 0 aromatic heterocycles. The molecule has 5 aromatic carbocycles. The van der Waals surface area contributed by atoms with Crippen molar-refractivity contribution in [2.75, 3.05) is 9.80 Å². The Hall–Kier alpha value is -4.01. The van der Waals surface area contributed by atoms with Crippen LogP contribution in [0.25, 0.3) is 11.1 Å². The van der Waals surface area contributed by atoms with Gasteiger partial charge in [-0.25, -0.2) is 0 Å². The molecule has 3 heteroatoms. The Bertz CT molecular complexity index is 1500. The number of fused-ring (bicyclic) bond motifs is 7. The summed E-state index contributed by atoms with van der Waals surface area (Å²) in [6, 6.07) is 39.4. The Kier molecular flexibility index (Phi) is 6.21. The highest BCUT2D eigenvalue weighted by Gasteiger charge is 2.25. The number of nitrogens with zero attached hydrogens (tertiary/aromatic N) is 2. The first-order valence-electron chi connectivity index (χ1n) is 13.2. The maximum Gasteiger partial charge on any atom is 0.0887 e. The lowest BCUT2D eigenvalue weighted by atomic mass is 9.99. The molecule has 6 bridgehead atoms. The fourth-order valence-corrected chi connectivity index (χ4v) is 5.44. The highest BCUT2D eigenvalue weighted by molar-refractivity contribution is 6.36. The van der Waals surface area contributed by atoms with Crippen molar-refractivity contribution in [1.29, 1.82) is 0 Å². The fourth-order valence-electron chi connectivity index (χ4n) is 5.17. The van der Waals surface area contributed by atoms with Gasteiger partial charge in [-0.2, -0.15) is 0 Å². The van der Waals surface area contributed by atoms with E-state index in [9.17, 15) is 0 Å². The second-order valence-electron chi connectivity index (χ2n) is 10.5. The Balaban J connectivity index is 1.74. The van der Waals surface area contributed by atoms with Crippen molar-refractivity contribution in [1.82, 2.24) is 0 Å². The second kappa shape index (κ2) is 9.70. The van der Waals surface area contributed by atoms with Gasteiger partial charge in [0.05, 0.1) is 16.4 Å². The third kappa shape index (κ3) is 4.36. The number of benzene rings is 5. The van der Waals surface area contributed by atoms with Crippen LogP contribution < -0.4 is 9.80 Å². The van der Waals surface area contributed by atoms with Gasteiger partial charge in [-0.3, -0.25) is 0 Å². The van der Waals surface area contributed by atoms with Gasteiger partial charge in [-0.05, 0) is 97.1 Å². The zero-order valence-electron chi connectivity index (χ0n) is 22.2. The molecule has 0 aliphatic carbocycles. The zero-order chi connectivity index (χ0) is 26.4.